The third kappa shape index (κ3) is 8.18. The molecule has 3 aromatic carbocycles. The lowest BCUT2D eigenvalue weighted by Gasteiger charge is -2.39. The third-order valence-corrected chi connectivity index (χ3v) is 9.60. The summed E-state index contributed by atoms with van der Waals surface area (Å²) in [5, 5.41) is 0.607. The molecule has 218 valence electrons. The van der Waals surface area contributed by atoms with Crippen LogP contribution in [0.5, 0.6) is 0 Å². The Labute approximate surface area is 248 Å². The van der Waals surface area contributed by atoms with E-state index in [9.17, 15) is 18.0 Å². The first kappa shape index (κ1) is 30.8. The maximum Gasteiger partial charge on any atom is 0.243 e. The summed E-state index contributed by atoms with van der Waals surface area (Å²) in [6, 6.07) is 23.6. The van der Waals surface area contributed by atoms with Gasteiger partial charge in [-0.3, -0.25) is 9.59 Å². The fraction of sp³-hybridized carbons (Fsp3) is 0.375. The molecule has 0 spiro atoms. The number of rotatable bonds is 11. The standard InChI is InChI=1S/C32H38ClN3O4S/c1-3-19-35(41(39,40)30-15-9-25(2)10-16-30)24-32(38)36(23-27-11-13-28(33)14-12-27)29-17-20-34(21-18-29)31(37)22-26-7-5-4-6-8-26/h4-16,29H,3,17-24H2,1-2H3. The van der Waals surface area contributed by atoms with Gasteiger partial charge in [-0.2, -0.15) is 4.31 Å². The van der Waals surface area contributed by atoms with E-state index < -0.39 is 10.0 Å². The first-order chi connectivity index (χ1) is 19.7. The molecule has 1 saturated heterocycles. The molecular formula is C32H38ClN3O4S. The molecule has 9 heteroatoms. The van der Waals surface area contributed by atoms with Crippen LogP contribution in [0.4, 0.5) is 0 Å². The van der Waals surface area contributed by atoms with E-state index in [0.29, 0.717) is 50.3 Å². The van der Waals surface area contributed by atoms with E-state index in [0.717, 1.165) is 16.7 Å². The maximum absolute atomic E-state index is 13.9. The predicted octanol–water partition coefficient (Wildman–Crippen LogP) is 5.31. The van der Waals surface area contributed by atoms with Crippen LogP contribution < -0.4 is 0 Å². The van der Waals surface area contributed by atoms with Crippen molar-refractivity contribution in [3.05, 3.63) is 101 Å². The highest BCUT2D eigenvalue weighted by Gasteiger charge is 2.33. The second-order valence-electron chi connectivity index (χ2n) is 10.6. The minimum Gasteiger partial charge on any atom is -0.342 e. The SMILES string of the molecule is CCCN(CC(=O)N(Cc1ccc(Cl)cc1)C1CCN(C(=O)Cc2ccccc2)CC1)S(=O)(=O)c1ccc(C)cc1. The maximum atomic E-state index is 13.9. The summed E-state index contributed by atoms with van der Waals surface area (Å²) >= 11 is 6.09. The summed E-state index contributed by atoms with van der Waals surface area (Å²) in [5.41, 5.74) is 2.85. The Bertz CT molecular complexity index is 1410. The number of aryl methyl sites for hydroxylation is 1. The lowest BCUT2D eigenvalue weighted by molar-refractivity contribution is -0.137. The zero-order valence-corrected chi connectivity index (χ0v) is 25.3. The first-order valence-corrected chi connectivity index (χ1v) is 15.9. The third-order valence-electron chi connectivity index (χ3n) is 7.49. The Balaban J connectivity index is 1.50. The van der Waals surface area contributed by atoms with Gasteiger partial charge in [0.15, 0.2) is 0 Å². The zero-order chi connectivity index (χ0) is 29.4. The number of benzene rings is 3. The minimum absolute atomic E-state index is 0.0727. The number of carbonyl (C=O) groups excluding carboxylic acids is 2. The van der Waals surface area contributed by atoms with Gasteiger partial charge in [0.2, 0.25) is 21.8 Å². The molecule has 1 heterocycles. The number of likely N-dealkylation sites (tertiary alicyclic amines) is 1. The summed E-state index contributed by atoms with van der Waals surface area (Å²) in [7, 11) is -3.85. The number of nitrogens with zero attached hydrogens (tertiary/aromatic N) is 3. The normalized spacial score (nSPS) is 14.3. The van der Waals surface area contributed by atoms with E-state index in [1.165, 1.54) is 4.31 Å². The van der Waals surface area contributed by atoms with Crippen molar-refractivity contribution >= 4 is 33.4 Å². The Morgan fingerprint density at radius 2 is 1.54 bits per heavy atom. The largest absolute Gasteiger partial charge is 0.342 e. The molecule has 0 atom stereocenters. The predicted molar refractivity (Wildman–Crippen MR) is 162 cm³/mol. The van der Waals surface area contributed by atoms with Gasteiger partial charge < -0.3 is 9.80 Å². The van der Waals surface area contributed by atoms with Crippen LogP contribution in [0, 0.1) is 6.92 Å². The molecule has 4 rings (SSSR count). The first-order valence-electron chi connectivity index (χ1n) is 14.1. The van der Waals surface area contributed by atoms with Crippen molar-refractivity contribution in [2.45, 2.75) is 57.0 Å². The molecule has 0 aromatic heterocycles. The van der Waals surface area contributed by atoms with E-state index in [-0.39, 0.29) is 35.8 Å². The highest BCUT2D eigenvalue weighted by atomic mass is 35.5. The fourth-order valence-corrected chi connectivity index (χ4v) is 6.76. The smallest absolute Gasteiger partial charge is 0.243 e. The number of amides is 2. The van der Waals surface area contributed by atoms with Gasteiger partial charge >= 0.3 is 0 Å². The Kier molecular flexibility index (Phi) is 10.6. The van der Waals surface area contributed by atoms with Crippen molar-refractivity contribution in [2.75, 3.05) is 26.2 Å². The summed E-state index contributed by atoms with van der Waals surface area (Å²) < 4.78 is 28.3. The van der Waals surface area contributed by atoms with Crippen molar-refractivity contribution in [1.29, 1.82) is 0 Å². The van der Waals surface area contributed by atoms with E-state index in [2.05, 4.69) is 0 Å². The molecule has 3 aromatic rings. The summed E-state index contributed by atoms with van der Waals surface area (Å²) in [5.74, 6) is -0.179. The Hall–Kier alpha value is -3.20. The van der Waals surface area contributed by atoms with Crippen LogP contribution in [0.15, 0.2) is 83.8 Å². The number of piperidine rings is 1. The molecule has 1 aliphatic heterocycles. The highest BCUT2D eigenvalue weighted by molar-refractivity contribution is 7.89. The van der Waals surface area contributed by atoms with Crippen molar-refractivity contribution < 1.29 is 18.0 Å². The van der Waals surface area contributed by atoms with E-state index >= 15 is 0 Å². The van der Waals surface area contributed by atoms with E-state index in [1.54, 1.807) is 41.3 Å². The summed E-state index contributed by atoms with van der Waals surface area (Å²) in [6.07, 6.45) is 2.18. The van der Waals surface area contributed by atoms with Crippen molar-refractivity contribution in [3.63, 3.8) is 0 Å². The minimum atomic E-state index is -3.85. The molecule has 1 aliphatic rings. The van der Waals surface area contributed by atoms with Gasteiger partial charge in [-0.15, -0.1) is 0 Å². The number of sulfonamides is 1. The van der Waals surface area contributed by atoms with Gasteiger partial charge in [0.1, 0.15) is 0 Å². The topological polar surface area (TPSA) is 78.0 Å². The van der Waals surface area contributed by atoms with Gasteiger partial charge in [-0.1, -0.05) is 78.7 Å². The molecule has 0 saturated carbocycles. The Morgan fingerprint density at radius 1 is 0.902 bits per heavy atom. The second-order valence-corrected chi connectivity index (χ2v) is 12.9. The van der Waals surface area contributed by atoms with E-state index in [1.807, 2.05) is 61.2 Å². The number of carbonyl (C=O) groups is 2. The number of hydrogen-bond acceptors (Lipinski definition) is 4. The van der Waals surface area contributed by atoms with Gasteiger partial charge in [0, 0.05) is 37.2 Å². The second kappa shape index (κ2) is 14.1. The summed E-state index contributed by atoms with van der Waals surface area (Å²) in [4.78, 5) is 30.7. The highest BCUT2D eigenvalue weighted by Crippen LogP contribution is 2.23. The molecule has 0 radical (unpaired) electrons. The van der Waals surface area contributed by atoms with E-state index in [4.69, 9.17) is 11.6 Å². The molecular weight excluding hydrogens is 558 g/mol. The molecule has 0 unspecified atom stereocenters. The average Bonchev–Trinajstić information content (AvgIpc) is 2.97. The van der Waals surface area contributed by atoms with Gasteiger partial charge in [0.05, 0.1) is 17.9 Å². The number of halogens is 1. The van der Waals surface area contributed by atoms with Crippen LogP contribution in [0.25, 0.3) is 0 Å². The van der Waals surface area contributed by atoms with Crippen LogP contribution in [-0.4, -0.2) is 66.6 Å². The molecule has 7 nitrogen and oxygen atoms in total. The van der Waals surface area contributed by atoms with Crippen LogP contribution in [0.2, 0.25) is 5.02 Å². The molecule has 0 bridgehead atoms. The van der Waals surface area contributed by atoms with Gasteiger partial charge in [-0.25, -0.2) is 8.42 Å². The van der Waals surface area contributed by atoms with Gasteiger partial charge in [-0.05, 0) is 61.6 Å². The van der Waals surface area contributed by atoms with Crippen molar-refractivity contribution in [1.82, 2.24) is 14.1 Å². The van der Waals surface area contributed by atoms with Crippen molar-refractivity contribution in [2.24, 2.45) is 0 Å². The lowest BCUT2D eigenvalue weighted by atomic mass is 10.0. The molecule has 2 amide bonds. The molecule has 41 heavy (non-hydrogen) atoms. The monoisotopic (exact) mass is 595 g/mol. The Morgan fingerprint density at radius 3 is 2.15 bits per heavy atom. The quantitative estimate of drug-likeness (QED) is 0.301. The zero-order valence-electron chi connectivity index (χ0n) is 23.7. The molecule has 0 aliphatic carbocycles. The fourth-order valence-electron chi connectivity index (χ4n) is 5.15. The van der Waals surface area contributed by atoms with Gasteiger partial charge in [0.25, 0.3) is 0 Å². The van der Waals surface area contributed by atoms with Crippen molar-refractivity contribution in [3.8, 4) is 0 Å². The number of hydrogen-bond donors (Lipinski definition) is 0. The van der Waals surface area contributed by atoms with Crippen LogP contribution in [0.3, 0.4) is 0 Å². The molecule has 0 N–H and O–H groups in total. The van der Waals surface area contributed by atoms with Crippen LogP contribution >= 0.6 is 11.6 Å². The lowest BCUT2D eigenvalue weighted by Crippen LogP contribution is -2.51. The summed E-state index contributed by atoms with van der Waals surface area (Å²) in [6.45, 7) is 5.22. The molecule has 1 fully saturated rings. The van der Waals surface area contributed by atoms with Crippen LogP contribution in [-0.2, 0) is 32.6 Å². The average molecular weight is 596 g/mol. The van der Waals surface area contributed by atoms with Crippen LogP contribution in [0.1, 0.15) is 42.9 Å².